The Labute approximate surface area is 149 Å². The molecule has 1 saturated carbocycles. The third kappa shape index (κ3) is 2.96. The summed E-state index contributed by atoms with van der Waals surface area (Å²) >= 11 is 0. The normalized spacial score (nSPS) is 34.8. The van der Waals surface area contributed by atoms with Gasteiger partial charge in [-0.15, -0.1) is 0 Å². The molecule has 4 atom stereocenters. The van der Waals surface area contributed by atoms with Gasteiger partial charge in [0.2, 0.25) is 11.8 Å². The van der Waals surface area contributed by atoms with E-state index in [0.29, 0.717) is 25.5 Å². The summed E-state index contributed by atoms with van der Waals surface area (Å²) in [5.41, 5.74) is 6.11. The predicted molar refractivity (Wildman–Crippen MR) is 95.6 cm³/mol. The lowest BCUT2D eigenvalue weighted by Gasteiger charge is -2.21. The number of nitrogens with zero attached hydrogens (tertiary/aromatic N) is 3. The van der Waals surface area contributed by atoms with Gasteiger partial charge < -0.3 is 10.6 Å². The van der Waals surface area contributed by atoms with Gasteiger partial charge in [-0.1, -0.05) is 25.0 Å². The smallest absolute Gasteiger partial charge is 0.233 e. The maximum atomic E-state index is 12.6. The molecule has 4 rings (SSSR count). The fraction of sp³-hybridized carbons (Fsp3) is 0.737. The van der Waals surface area contributed by atoms with Crippen molar-refractivity contribution in [3.05, 3.63) is 12.2 Å². The van der Waals surface area contributed by atoms with Crippen molar-refractivity contribution < 1.29 is 9.59 Å². The molecule has 2 heterocycles. The van der Waals surface area contributed by atoms with Crippen molar-refractivity contribution in [3.8, 4) is 0 Å². The van der Waals surface area contributed by atoms with E-state index in [0.717, 1.165) is 19.5 Å². The lowest BCUT2D eigenvalue weighted by molar-refractivity contribution is -0.140. The van der Waals surface area contributed by atoms with Crippen LogP contribution in [0.25, 0.3) is 0 Å². The maximum absolute atomic E-state index is 12.6. The highest BCUT2D eigenvalue weighted by Crippen LogP contribution is 2.52. The summed E-state index contributed by atoms with van der Waals surface area (Å²) in [6, 6.07) is 0. The van der Waals surface area contributed by atoms with E-state index in [2.05, 4.69) is 22.0 Å². The van der Waals surface area contributed by atoms with Gasteiger partial charge in [-0.3, -0.25) is 19.5 Å². The monoisotopic (exact) mass is 344 g/mol. The first-order valence-electron chi connectivity index (χ1n) is 9.75. The molecule has 2 amide bonds. The van der Waals surface area contributed by atoms with Crippen molar-refractivity contribution in [2.75, 3.05) is 26.2 Å². The second-order valence-electron chi connectivity index (χ2n) is 7.82. The molecule has 0 spiro atoms. The predicted octanol–water partition coefficient (Wildman–Crippen LogP) is 1.37. The number of hydrogen-bond acceptors (Lipinski definition) is 3. The number of carbonyl (C=O) groups excluding carboxylic acids is 2. The molecule has 4 unspecified atom stereocenters. The number of likely N-dealkylation sites (tertiary alicyclic amines) is 2. The molecule has 25 heavy (non-hydrogen) atoms. The molecule has 2 N–H and O–H groups in total. The summed E-state index contributed by atoms with van der Waals surface area (Å²) in [6.07, 6.45) is 10.8. The molecule has 0 aromatic rings. The highest BCUT2D eigenvalue weighted by atomic mass is 16.2. The second kappa shape index (κ2) is 6.81. The molecule has 2 aliphatic carbocycles. The highest BCUT2D eigenvalue weighted by Gasteiger charge is 2.58. The molecule has 2 saturated heterocycles. The van der Waals surface area contributed by atoms with E-state index >= 15 is 0 Å². The van der Waals surface area contributed by atoms with E-state index < -0.39 is 0 Å². The number of hydrogen-bond donors (Lipinski definition) is 1. The topological polar surface area (TPSA) is 79.0 Å². The van der Waals surface area contributed by atoms with Crippen molar-refractivity contribution in [1.82, 2.24) is 9.80 Å². The van der Waals surface area contributed by atoms with Crippen LogP contribution in [0.15, 0.2) is 17.1 Å². The zero-order chi connectivity index (χ0) is 17.4. The largest absolute Gasteiger partial charge is 0.370 e. The molecular formula is C19H28N4O2. The fourth-order valence-electron chi connectivity index (χ4n) is 5.01. The van der Waals surface area contributed by atoms with Gasteiger partial charge in [0, 0.05) is 26.2 Å². The molecule has 0 radical (unpaired) electrons. The number of carbonyl (C=O) groups is 2. The molecule has 2 bridgehead atoms. The minimum absolute atomic E-state index is 0.0383. The van der Waals surface area contributed by atoms with Crippen LogP contribution in [-0.4, -0.2) is 53.8 Å². The summed E-state index contributed by atoms with van der Waals surface area (Å²) in [5.74, 6) is 1.08. The van der Waals surface area contributed by atoms with E-state index in [4.69, 9.17) is 5.73 Å². The summed E-state index contributed by atoms with van der Waals surface area (Å²) < 4.78 is 0. The molecule has 6 nitrogen and oxygen atoms in total. The molecular weight excluding hydrogens is 316 g/mol. The first kappa shape index (κ1) is 16.6. The zero-order valence-electron chi connectivity index (χ0n) is 14.8. The van der Waals surface area contributed by atoms with Crippen LogP contribution in [-0.2, 0) is 9.59 Å². The molecule has 0 aromatic heterocycles. The maximum Gasteiger partial charge on any atom is 0.233 e. The summed E-state index contributed by atoms with van der Waals surface area (Å²) in [6.45, 7) is 3.01. The highest BCUT2D eigenvalue weighted by molar-refractivity contribution is 6.06. The van der Waals surface area contributed by atoms with Gasteiger partial charge in [-0.2, -0.15) is 0 Å². The van der Waals surface area contributed by atoms with Crippen molar-refractivity contribution >= 4 is 17.8 Å². The molecule has 4 aliphatic rings. The third-order valence-electron chi connectivity index (χ3n) is 6.31. The third-order valence-corrected chi connectivity index (χ3v) is 6.31. The Balaban J connectivity index is 1.28. The lowest BCUT2D eigenvalue weighted by atomic mass is 9.85. The Hall–Kier alpha value is -1.85. The van der Waals surface area contributed by atoms with Gasteiger partial charge in [0.25, 0.3) is 0 Å². The van der Waals surface area contributed by atoms with Gasteiger partial charge in [-0.05, 0) is 37.5 Å². The number of guanidine groups is 1. The number of nitrogens with two attached hydrogens (primary N) is 1. The van der Waals surface area contributed by atoms with E-state index in [-0.39, 0.29) is 35.5 Å². The number of amides is 2. The van der Waals surface area contributed by atoms with E-state index in [1.54, 1.807) is 0 Å². The van der Waals surface area contributed by atoms with E-state index in [1.165, 1.54) is 30.6 Å². The van der Waals surface area contributed by atoms with Crippen molar-refractivity contribution in [2.45, 2.75) is 38.5 Å². The van der Waals surface area contributed by atoms with Crippen molar-refractivity contribution in [3.63, 3.8) is 0 Å². The minimum atomic E-state index is -0.0897. The Morgan fingerprint density at radius 3 is 2.24 bits per heavy atom. The van der Waals surface area contributed by atoms with Crippen LogP contribution in [0.2, 0.25) is 0 Å². The second-order valence-corrected chi connectivity index (χ2v) is 7.82. The molecule has 136 valence electrons. The fourth-order valence-corrected chi connectivity index (χ4v) is 5.01. The number of imide groups is 1. The van der Waals surface area contributed by atoms with Crippen LogP contribution in [0.1, 0.15) is 38.5 Å². The van der Waals surface area contributed by atoms with Crippen molar-refractivity contribution in [2.24, 2.45) is 34.4 Å². The van der Waals surface area contributed by atoms with Crippen LogP contribution in [0.5, 0.6) is 0 Å². The summed E-state index contributed by atoms with van der Waals surface area (Å²) in [4.78, 5) is 33.3. The van der Waals surface area contributed by atoms with E-state index in [9.17, 15) is 9.59 Å². The number of fused-ring (bicyclic) bond motifs is 5. The molecule has 3 fully saturated rings. The van der Waals surface area contributed by atoms with Crippen LogP contribution in [0.4, 0.5) is 0 Å². The molecule has 2 aliphatic heterocycles. The lowest BCUT2D eigenvalue weighted by Crippen LogP contribution is -2.38. The zero-order valence-corrected chi connectivity index (χ0v) is 14.8. The van der Waals surface area contributed by atoms with Crippen LogP contribution in [0, 0.1) is 23.7 Å². The van der Waals surface area contributed by atoms with Gasteiger partial charge >= 0.3 is 0 Å². The van der Waals surface area contributed by atoms with Gasteiger partial charge in [0.15, 0.2) is 5.96 Å². The average molecular weight is 344 g/mol. The molecule has 6 heteroatoms. The molecule has 0 aromatic carbocycles. The van der Waals surface area contributed by atoms with Crippen LogP contribution >= 0.6 is 0 Å². The van der Waals surface area contributed by atoms with Crippen LogP contribution < -0.4 is 5.73 Å². The van der Waals surface area contributed by atoms with Crippen molar-refractivity contribution in [1.29, 1.82) is 0 Å². The van der Waals surface area contributed by atoms with Gasteiger partial charge in [0.05, 0.1) is 11.8 Å². The summed E-state index contributed by atoms with van der Waals surface area (Å²) in [5, 5.41) is 0. The quantitative estimate of drug-likeness (QED) is 0.275. The summed E-state index contributed by atoms with van der Waals surface area (Å²) in [7, 11) is 0. The first-order valence-corrected chi connectivity index (χ1v) is 9.75. The minimum Gasteiger partial charge on any atom is -0.370 e. The standard InChI is InChI=1S/C19H28N4O2/c20-19(22-9-3-1-2-4-10-22)21-8-5-11-23-17(24)15-13-6-7-14(12-13)16(15)18(23)25/h6-7,13-16H,1-5,8-12H2,(H2,20,21). The van der Waals surface area contributed by atoms with Gasteiger partial charge in [0.1, 0.15) is 0 Å². The van der Waals surface area contributed by atoms with Gasteiger partial charge in [-0.25, -0.2) is 0 Å². The number of allylic oxidation sites excluding steroid dienone is 2. The van der Waals surface area contributed by atoms with E-state index in [1.807, 2.05) is 0 Å². The number of aliphatic imine (C=N–C) groups is 1. The Kier molecular flexibility index (Phi) is 4.52. The SMILES string of the molecule is NC(=NCCCN1C(=O)C2C3C=CC(C3)C2C1=O)N1CCCCCC1. The Bertz CT molecular complexity index is 577. The Morgan fingerprint density at radius 1 is 1.04 bits per heavy atom. The van der Waals surface area contributed by atoms with Crippen LogP contribution in [0.3, 0.4) is 0 Å². The first-order chi connectivity index (χ1) is 12.2. The number of rotatable bonds is 4. The average Bonchev–Trinajstić information content (AvgIpc) is 3.20. The Morgan fingerprint density at radius 2 is 1.64 bits per heavy atom.